The van der Waals surface area contributed by atoms with E-state index < -0.39 is 13.1 Å². The number of pyridine rings is 1. The highest BCUT2D eigenvalue weighted by Gasteiger charge is 2.35. The molecular weight excluding hydrogens is 343 g/mol. The highest BCUT2D eigenvalue weighted by Crippen LogP contribution is 2.19. The Morgan fingerprint density at radius 2 is 1.68 bits per heavy atom. The van der Waals surface area contributed by atoms with Crippen LogP contribution in [-0.2, 0) is 0 Å². The molecule has 2 aromatic carbocycles. The van der Waals surface area contributed by atoms with Gasteiger partial charge in [0.05, 0.1) is 0 Å². The molecule has 0 aliphatic heterocycles. The molecule has 3 rings (SSSR count). The zero-order valence-corrected chi connectivity index (χ0v) is 13.4. The molecule has 3 aromatic rings. The molecule has 0 spiro atoms. The van der Waals surface area contributed by atoms with Crippen LogP contribution in [-0.4, -0.2) is 17.2 Å². The first kappa shape index (κ1) is 16.5. The number of aromatic nitrogens is 1. The summed E-state index contributed by atoms with van der Waals surface area (Å²) in [4.78, 5) is 0. The molecule has 1 heterocycles. The lowest BCUT2D eigenvalue weighted by Gasteiger charge is -2.13. The fourth-order valence-electron chi connectivity index (χ4n) is 2.63. The van der Waals surface area contributed by atoms with Gasteiger partial charge in [0.2, 0.25) is 11.5 Å². The van der Waals surface area contributed by atoms with E-state index in [4.69, 9.17) is 5.73 Å². The molecule has 1 unspecified atom stereocenters. The summed E-state index contributed by atoms with van der Waals surface area (Å²) in [5.74, 6) is -0.571. The summed E-state index contributed by atoms with van der Waals surface area (Å²) in [5.41, 5.74) is 8.23. The number of nitrogen functional groups attached to an aromatic ring is 1. The highest BCUT2D eigenvalue weighted by molar-refractivity contribution is 6.42. The largest absolute Gasteiger partial charge is 1.00 e. The van der Waals surface area contributed by atoms with Gasteiger partial charge in [-0.15, -0.1) is 0 Å². The first-order valence-electron chi connectivity index (χ1n) is 6.77. The molecule has 1 aromatic heterocycles. The molecular formula is C16H16BBrN2O2. The number of hydrogen-bond acceptors (Lipinski definition) is 3. The van der Waals surface area contributed by atoms with Crippen molar-refractivity contribution in [3.05, 3.63) is 72.4 Å². The van der Waals surface area contributed by atoms with Gasteiger partial charge in [-0.05, 0) is 18.2 Å². The molecule has 0 saturated carbocycles. The number of rotatable bonds is 3. The topological polar surface area (TPSA) is 70.4 Å². The van der Waals surface area contributed by atoms with Gasteiger partial charge in [-0.1, -0.05) is 30.3 Å². The Balaban J connectivity index is 0.00000176. The van der Waals surface area contributed by atoms with Crippen LogP contribution in [0.5, 0.6) is 0 Å². The van der Waals surface area contributed by atoms with Crippen molar-refractivity contribution in [1.29, 1.82) is 0 Å². The first-order valence-corrected chi connectivity index (χ1v) is 6.77. The molecule has 0 amide bonds. The van der Waals surface area contributed by atoms with E-state index in [-0.39, 0.29) is 17.0 Å². The van der Waals surface area contributed by atoms with E-state index in [1.54, 1.807) is 0 Å². The zero-order valence-electron chi connectivity index (χ0n) is 11.8. The molecule has 4 nitrogen and oxygen atoms in total. The molecule has 0 fully saturated rings. The molecule has 0 aliphatic carbocycles. The normalized spacial score (nSPS) is 11.7. The molecule has 0 saturated heterocycles. The van der Waals surface area contributed by atoms with Gasteiger partial charge in [0.25, 0.3) is 0 Å². The van der Waals surface area contributed by atoms with Crippen molar-refractivity contribution in [1.82, 2.24) is 0 Å². The fraction of sp³-hybridized carbons (Fsp3) is 0.0625. The van der Waals surface area contributed by atoms with Gasteiger partial charge in [0.1, 0.15) is 0 Å². The summed E-state index contributed by atoms with van der Waals surface area (Å²) in [7, 11) is -1.50. The summed E-state index contributed by atoms with van der Waals surface area (Å²) < 4.78 is 1.86. The standard InChI is InChI=1S/C16H16BN2O2.BrH/c18-14-8-9-15-13(11-14)7-4-10-19(15)16(17(20)21)12-5-2-1-3-6-12;/h1-11,16,20-21H,18H2;1H/q+1;/p-1. The second kappa shape index (κ2) is 6.92. The van der Waals surface area contributed by atoms with Gasteiger partial charge in [0.15, 0.2) is 6.20 Å². The van der Waals surface area contributed by atoms with Gasteiger partial charge in [-0.2, -0.15) is 4.57 Å². The van der Waals surface area contributed by atoms with Gasteiger partial charge < -0.3 is 32.8 Å². The first-order chi connectivity index (χ1) is 10.2. The quantitative estimate of drug-likeness (QED) is 0.297. The summed E-state index contributed by atoms with van der Waals surface area (Å²) >= 11 is 0. The number of anilines is 1. The number of nitrogens with two attached hydrogens (primary N) is 1. The zero-order chi connectivity index (χ0) is 14.8. The molecule has 0 aliphatic rings. The van der Waals surface area contributed by atoms with Crippen LogP contribution in [0.15, 0.2) is 66.9 Å². The van der Waals surface area contributed by atoms with Crippen LogP contribution in [0.25, 0.3) is 10.9 Å². The smallest absolute Gasteiger partial charge is 0.533 e. The monoisotopic (exact) mass is 358 g/mol. The molecule has 1 atom stereocenters. The van der Waals surface area contributed by atoms with Crippen LogP contribution in [0.1, 0.15) is 11.5 Å². The van der Waals surface area contributed by atoms with Crippen molar-refractivity contribution in [3.63, 3.8) is 0 Å². The maximum Gasteiger partial charge on any atom is 0.533 e. The van der Waals surface area contributed by atoms with Crippen LogP contribution in [0.4, 0.5) is 5.69 Å². The summed E-state index contributed by atoms with van der Waals surface area (Å²) in [6.07, 6.45) is 1.84. The fourth-order valence-corrected chi connectivity index (χ4v) is 2.63. The minimum atomic E-state index is -1.50. The predicted octanol–water partition coefficient (Wildman–Crippen LogP) is -1.69. The maximum absolute atomic E-state index is 9.84. The van der Waals surface area contributed by atoms with E-state index in [1.807, 2.05) is 71.4 Å². The lowest BCUT2D eigenvalue weighted by Crippen LogP contribution is -3.00. The predicted molar refractivity (Wildman–Crippen MR) is 83.3 cm³/mol. The van der Waals surface area contributed by atoms with Crippen molar-refractivity contribution in [2.75, 3.05) is 5.73 Å². The minimum absolute atomic E-state index is 0. The highest BCUT2D eigenvalue weighted by atomic mass is 79.9. The number of hydrogen-bond donors (Lipinski definition) is 3. The molecule has 0 radical (unpaired) electrons. The molecule has 22 heavy (non-hydrogen) atoms. The van der Waals surface area contributed by atoms with E-state index in [1.165, 1.54) is 0 Å². The van der Waals surface area contributed by atoms with Gasteiger partial charge in [-0.3, -0.25) is 0 Å². The maximum atomic E-state index is 9.84. The summed E-state index contributed by atoms with van der Waals surface area (Å²) in [6, 6.07) is 18.8. The lowest BCUT2D eigenvalue weighted by atomic mass is 9.74. The van der Waals surface area contributed by atoms with Crippen LogP contribution in [0, 0.1) is 0 Å². The Labute approximate surface area is 139 Å². The Kier molecular flexibility index (Phi) is 5.18. The third-order valence-corrected chi connectivity index (χ3v) is 3.58. The van der Waals surface area contributed by atoms with E-state index in [2.05, 4.69) is 0 Å². The van der Waals surface area contributed by atoms with Crippen LogP contribution < -0.4 is 27.3 Å². The average Bonchev–Trinajstić information content (AvgIpc) is 2.48. The van der Waals surface area contributed by atoms with E-state index in [9.17, 15) is 10.0 Å². The van der Waals surface area contributed by atoms with Crippen LogP contribution >= 0.6 is 0 Å². The number of benzene rings is 2. The van der Waals surface area contributed by atoms with Crippen molar-refractivity contribution in [3.8, 4) is 0 Å². The number of nitrogens with zero attached hydrogens (tertiary/aromatic N) is 1. The molecule has 6 heteroatoms. The van der Waals surface area contributed by atoms with E-state index in [0.29, 0.717) is 5.69 Å². The second-order valence-corrected chi connectivity index (χ2v) is 5.00. The van der Waals surface area contributed by atoms with E-state index >= 15 is 0 Å². The number of halogens is 1. The molecule has 0 bridgehead atoms. The number of fused-ring (bicyclic) bond motifs is 1. The Bertz CT molecular complexity index is 768. The van der Waals surface area contributed by atoms with Crippen molar-refractivity contribution in [2.24, 2.45) is 0 Å². The Morgan fingerprint density at radius 1 is 0.955 bits per heavy atom. The lowest BCUT2D eigenvalue weighted by molar-refractivity contribution is -0.672. The van der Waals surface area contributed by atoms with Gasteiger partial charge in [-0.25, -0.2) is 0 Å². The van der Waals surface area contributed by atoms with Crippen molar-refractivity contribution < 1.29 is 31.6 Å². The van der Waals surface area contributed by atoms with Crippen LogP contribution in [0.3, 0.4) is 0 Å². The van der Waals surface area contributed by atoms with Crippen molar-refractivity contribution >= 4 is 23.7 Å². The van der Waals surface area contributed by atoms with E-state index in [0.717, 1.165) is 16.5 Å². The Morgan fingerprint density at radius 3 is 2.36 bits per heavy atom. The van der Waals surface area contributed by atoms with Crippen LogP contribution in [0.2, 0.25) is 0 Å². The molecule has 4 N–H and O–H groups in total. The summed E-state index contributed by atoms with van der Waals surface area (Å²) in [5, 5.41) is 20.6. The van der Waals surface area contributed by atoms with Gasteiger partial charge in [0, 0.05) is 28.8 Å². The SMILES string of the molecule is Nc1ccc2c(ccc[n+]2C(B(O)O)c2ccccc2)c1.[Br-]. The third-order valence-electron chi connectivity index (χ3n) is 3.58. The molecule has 112 valence electrons. The second-order valence-electron chi connectivity index (χ2n) is 5.00. The van der Waals surface area contributed by atoms with Gasteiger partial charge >= 0.3 is 7.12 Å². The van der Waals surface area contributed by atoms with Crippen molar-refractivity contribution in [2.45, 2.75) is 5.94 Å². The minimum Gasteiger partial charge on any atom is -1.00 e. The Hall–Kier alpha value is -1.89. The third kappa shape index (κ3) is 3.14. The summed E-state index contributed by atoms with van der Waals surface area (Å²) in [6.45, 7) is 0. The average molecular weight is 359 g/mol.